The average Bonchev–Trinajstić information content (AvgIpc) is 2.03. The Bertz CT molecular complexity index is 286. The quantitative estimate of drug-likeness (QED) is 0.856. The van der Waals surface area contributed by atoms with E-state index in [1.54, 1.807) is 12.4 Å². The Balaban J connectivity index is 2.78. The molecular formula is C8H5Br2O2. The highest BCUT2D eigenvalue weighted by atomic mass is 79.9. The zero-order valence-corrected chi connectivity index (χ0v) is 9.18. The normalized spacial score (nSPS) is 9.50. The van der Waals surface area contributed by atoms with Gasteiger partial charge in [0.15, 0.2) is 6.61 Å². The van der Waals surface area contributed by atoms with E-state index in [9.17, 15) is 4.79 Å². The van der Waals surface area contributed by atoms with Crippen LogP contribution in [0.15, 0.2) is 27.1 Å². The topological polar surface area (TPSA) is 26.3 Å². The first-order chi connectivity index (χ1) is 5.74. The number of rotatable bonds is 3. The first-order valence-electron chi connectivity index (χ1n) is 3.17. The van der Waals surface area contributed by atoms with Gasteiger partial charge < -0.3 is 4.74 Å². The van der Waals surface area contributed by atoms with Crippen molar-refractivity contribution in [2.75, 3.05) is 6.61 Å². The minimum atomic E-state index is -0.0414. The fraction of sp³-hybridized carbons (Fsp3) is 0.125. The third-order valence-corrected chi connectivity index (χ3v) is 2.29. The van der Waals surface area contributed by atoms with Crippen LogP contribution in [-0.2, 0) is 4.79 Å². The molecule has 0 aliphatic rings. The Labute approximate surface area is 87.2 Å². The minimum absolute atomic E-state index is 0.0414. The first-order valence-corrected chi connectivity index (χ1v) is 4.75. The SMILES string of the molecule is O=[C]COc1ccc(Br)cc1Br. The minimum Gasteiger partial charge on any atom is -0.484 e. The lowest BCUT2D eigenvalue weighted by molar-refractivity contribution is 0.362. The highest BCUT2D eigenvalue weighted by Crippen LogP contribution is 2.27. The average molecular weight is 293 g/mol. The molecule has 0 atom stereocenters. The molecule has 1 aromatic rings. The highest BCUT2D eigenvalue weighted by molar-refractivity contribution is 9.11. The second-order valence-electron chi connectivity index (χ2n) is 2.01. The van der Waals surface area contributed by atoms with E-state index in [0.29, 0.717) is 5.75 Å². The summed E-state index contributed by atoms with van der Waals surface area (Å²) in [6.45, 7) is -0.0414. The monoisotopic (exact) mass is 291 g/mol. The molecule has 0 aliphatic carbocycles. The van der Waals surface area contributed by atoms with Crippen molar-refractivity contribution in [2.45, 2.75) is 0 Å². The molecule has 0 unspecified atom stereocenters. The molecule has 0 amide bonds. The smallest absolute Gasteiger partial charge is 0.239 e. The Morgan fingerprint density at radius 2 is 2.17 bits per heavy atom. The van der Waals surface area contributed by atoms with Gasteiger partial charge in [-0.3, -0.25) is 4.79 Å². The van der Waals surface area contributed by atoms with Crippen molar-refractivity contribution < 1.29 is 9.53 Å². The molecule has 0 bridgehead atoms. The molecule has 0 fully saturated rings. The molecule has 0 saturated heterocycles. The lowest BCUT2D eigenvalue weighted by Gasteiger charge is -2.03. The number of benzene rings is 1. The summed E-state index contributed by atoms with van der Waals surface area (Å²) in [5.41, 5.74) is 0. The van der Waals surface area contributed by atoms with Gasteiger partial charge in [0, 0.05) is 4.47 Å². The second kappa shape index (κ2) is 4.62. The van der Waals surface area contributed by atoms with Crippen molar-refractivity contribution in [3.8, 4) is 5.75 Å². The molecule has 1 radical (unpaired) electrons. The van der Waals surface area contributed by atoms with E-state index in [1.165, 1.54) is 0 Å². The van der Waals surface area contributed by atoms with Gasteiger partial charge in [0.05, 0.1) is 4.47 Å². The highest BCUT2D eigenvalue weighted by Gasteiger charge is 2.00. The number of hydrogen-bond donors (Lipinski definition) is 0. The van der Waals surface area contributed by atoms with E-state index in [1.807, 2.05) is 12.1 Å². The van der Waals surface area contributed by atoms with Crippen LogP contribution in [0.1, 0.15) is 0 Å². The van der Waals surface area contributed by atoms with Crippen LogP contribution in [0, 0.1) is 0 Å². The molecule has 0 aromatic heterocycles. The Hall–Kier alpha value is -0.350. The van der Waals surface area contributed by atoms with Crippen molar-refractivity contribution >= 4 is 38.1 Å². The maximum Gasteiger partial charge on any atom is 0.239 e. The maximum atomic E-state index is 9.88. The summed E-state index contributed by atoms with van der Waals surface area (Å²) < 4.78 is 6.82. The van der Waals surface area contributed by atoms with Crippen LogP contribution in [-0.4, -0.2) is 12.9 Å². The summed E-state index contributed by atoms with van der Waals surface area (Å²) in [6.07, 6.45) is 1.65. The van der Waals surface area contributed by atoms with Crippen molar-refractivity contribution in [3.05, 3.63) is 27.1 Å². The lowest BCUT2D eigenvalue weighted by Crippen LogP contribution is -1.97. The zero-order valence-electron chi connectivity index (χ0n) is 6.01. The van der Waals surface area contributed by atoms with Gasteiger partial charge in [0.2, 0.25) is 6.29 Å². The summed E-state index contributed by atoms with van der Waals surface area (Å²) in [5.74, 6) is 0.640. The molecule has 0 aliphatic heterocycles. The number of halogens is 2. The number of ether oxygens (including phenoxy) is 1. The van der Waals surface area contributed by atoms with Crippen LogP contribution >= 0.6 is 31.9 Å². The summed E-state index contributed by atoms with van der Waals surface area (Å²) >= 11 is 6.59. The van der Waals surface area contributed by atoms with Gasteiger partial charge in [0.25, 0.3) is 0 Å². The van der Waals surface area contributed by atoms with Crippen molar-refractivity contribution in [2.24, 2.45) is 0 Å². The maximum absolute atomic E-state index is 9.88. The predicted octanol–water partition coefficient (Wildman–Crippen LogP) is 2.70. The van der Waals surface area contributed by atoms with Gasteiger partial charge in [-0.15, -0.1) is 0 Å². The van der Waals surface area contributed by atoms with E-state index >= 15 is 0 Å². The zero-order chi connectivity index (χ0) is 8.97. The summed E-state index contributed by atoms with van der Waals surface area (Å²) in [5, 5.41) is 0. The van der Waals surface area contributed by atoms with Crippen molar-refractivity contribution in [1.82, 2.24) is 0 Å². The van der Waals surface area contributed by atoms with E-state index in [4.69, 9.17) is 4.74 Å². The summed E-state index contributed by atoms with van der Waals surface area (Å²) in [6, 6.07) is 5.45. The molecule has 4 heteroatoms. The van der Waals surface area contributed by atoms with Crippen LogP contribution in [0.5, 0.6) is 5.75 Å². The van der Waals surface area contributed by atoms with Crippen molar-refractivity contribution in [3.63, 3.8) is 0 Å². The van der Waals surface area contributed by atoms with Gasteiger partial charge >= 0.3 is 0 Å². The molecular weight excluding hydrogens is 288 g/mol. The molecule has 0 N–H and O–H groups in total. The second-order valence-corrected chi connectivity index (χ2v) is 3.78. The van der Waals surface area contributed by atoms with Crippen LogP contribution in [0.4, 0.5) is 0 Å². The molecule has 2 nitrogen and oxygen atoms in total. The number of carbonyl (C=O) groups excluding carboxylic acids is 1. The van der Waals surface area contributed by atoms with Crippen LogP contribution in [0.25, 0.3) is 0 Å². The Kier molecular flexibility index (Phi) is 3.75. The molecule has 0 spiro atoms. The van der Waals surface area contributed by atoms with Gasteiger partial charge in [0.1, 0.15) is 5.75 Å². The van der Waals surface area contributed by atoms with Gasteiger partial charge in [-0.1, -0.05) is 15.9 Å². The van der Waals surface area contributed by atoms with E-state index in [0.717, 1.165) is 8.95 Å². The number of hydrogen-bond acceptors (Lipinski definition) is 2. The van der Waals surface area contributed by atoms with Crippen LogP contribution in [0.3, 0.4) is 0 Å². The summed E-state index contributed by atoms with van der Waals surface area (Å²) in [4.78, 5) is 9.88. The molecule has 12 heavy (non-hydrogen) atoms. The lowest BCUT2D eigenvalue weighted by atomic mass is 10.3. The van der Waals surface area contributed by atoms with Gasteiger partial charge in [-0.05, 0) is 34.1 Å². The van der Waals surface area contributed by atoms with E-state index in [2.05, 4.69) is 31.9 Å². The molecule has 63 valence electrons. The third kappa shape index (κ3) is 2.60. The van der Waals surface area contributed by atoms with Crippen LogP contribution < -0.4 is 4.74 Å². The van der Waals surface area contributed by atoms with Gasteiger partial charge in [-0.2, -0.15) is 0 Å². The third-order valence-electron chi connectivity index (χ3n) is 1.18. The standard InChI is InChI=1S/C8H5Br2O2/c9-6-1-2-8(7(10)5-6)12-4-3-11/h1-2,5H,4H2. The molecule has 1 rings (SSSR count). The van der Waals surface area contributed by atoms with Crippen molar-refractivity contribution in [1.29, 1.82) is 0 Å². The van der Waals surface area contributed by atoms with E-state index < -0.39 is 0 Å². The first kappa shape index (κ1) is 9.74. The largest absolute Gasteiger partial charge is 0.484 e. The van der Waals surface area contributed by atoms with Gasteiger partial charge in [-0.25, -0.2) is 0 Å². The van der Waals surface area contributed by atoms with Crippen LogP contribution in [0.2, 0.25) is 0 Å². The Morgan fingerprint density at radius 3 is 2.75 bits per heavy atom. The fourth-order valence-corrected chi connectivity index (χ4v) is 1.86. The molecule has 0 heterocycles. The Morgan fingerprint density at radius 1 is 1.42 bits per heavy atom. The van der Waals surface area contributed by atoms with E-state index in [-0.39, 0.29) is 6.61 Å². The molecule has 1 aromatic carbocycles. The molecule has 0 saturated carbocycles. The predicted molar refractivity (Wildman–Crippen MR) is 53.0 cm³/mol. The fourth-order valence-electron chi connectivity index (χ4n) is 0.699. The summed E-state index contributed by atoms with van der Waals surface area (Å²) in [7, 11) is 0.